The lowest BCUT2D eigenvalue weighted by atomic mass is 10.0. The first kappa shape index (κ1) is 17.2. The number of nitrogens with two attached hydrogens (primary N) is 1. The van der Waals surface area contributed by atoms with Crippen LogP contribution in [0.4, 0.5) is 5.69 Å². The Hall–Kier alpha value is -1.75. The average molecular weight is 286 g/mol. The number of hydrogen-bond acceptors (Lipinski definition) is 3. The molecule has 5 nitrogen and oxygen atoms in total. The molecule has 1 atom stereocenters. The summed E-state index contributed by atoms with van der Waals surface area (Å²) < 4.78 is 0. The number of aliphatic carboxylic acids is 1. The zero-order valence-electron chi connectivity index (χ0n) is 11.3. The van der Waals surface area contributed by atoms with E-state index in [1.165, 1.54) is 0 Å². The third-order valence-electron chi connectivity index (χ3n) is 2.87. The van der Waals surface area contributed by atoms with Gasteiger partial charge in [0.2, 0.25) is 0 Å². The normalized spacial score (nSPS) is 11.6. The SMILES string of the molecule is CC(C)[C@@H](C(=O)O)N(C)c1cccc(C(=N)N)c1.Cl. The maximum Gasteiger partial charge on any atom is 0.326 e. The van der Waals surface area contributed by atoms with Crippen LogP contribution in [0, 0.1) is 11.3 Å². The number of nitrogen functional groups attached to an aromatic ring is 1. The quantitative estimate of drug-likeness (QED) is 0.569. The van der Waals surface area contributed by atoms with Crippen molar-refractivity contribution >= 4 is 29.9 Å². The van der Waals surface area contributed by atoms with Crippen molar-refractivity contribution in [3.63, 3.8) is 0 Å². The van der Waals surface area contributed by atoms with Gasteiger partial charge in [-0.1, -0.05) is 26.0 Å². The van der Waals surface area contributed by atoms with E-state index in [0.717, 1.165) is 5.69 Å². The summed E-state index contributed by atoms with van der Waals surface area (Å²) in [6.45, 7) is 3.73. The van der Waals surface area contributed by atoms with Crippen LogP contribution < -0.4 is 10.6 Å². The van der Waals surface area contributed by atoms with Gasteiger partial charge in [0.05, 0.1) is 0 Å². The van der Waals surface area contributed by atoms with Gasteiger partial charge in [-0.25, -0.2) is 4.79 Å². The fraction of sp³-hybridized carbons (Fsp3) is 0.385. The molecule has 6 heteroatoms. The molecule has 0 unspecified atom stereocenters. The van der Waals surface area contributed by atoms with E-state index in [0.29, 0.717) is 5.56 Å². The van der Waals surface area contributed by atoms with Crippen LogP contribution in [-0.4, -0.2) is 30.0 Å². The number of nitrogens with one attached hydrogen (secondary N) is 1. The van der Waals surface area contributed by atoms with Crippen LogP contribution in [0.1, 0.15) is 19.4 Å². The molecule has 0 amide bonds. The zero-order chi connectivity index (χ0) is 13.9. The molecule has 0 saturated heterocycles. The van der Waals surface area contributed by atoms with E-state index in [1.807, 2.05) is 19.9 Å². The van der Waals surface area contributed by atoms with Crippen molar-refractivity contribution in [2.45, 2.75) is 19.9 Å². The Morgan fingerprint density at radius 2 is 2.00 bits per heavy atom. The summed E-state index contributed by atoms with van der Waals surface area (Å²) in [5, 5.41) is 16.6. The van der Waals surface area contributed by atoms with E-state index in [9.17, 15) is 9.90 Å². The number of nitrogens with zero attached hydrogens (tertiary/aromatic N) is 1. The second-order valence-electron chi connectivity index (χ2n) is 4.60. The summed E-state index contributed by atoms with van der Waals surface area (Å²) in [4.78, 5) is 13.0. The van der Waals surface area contributed by atoms with Gasteiger partial charge < -0.3 is 15.7 Å². The van der Waals surface area contributed by atoms with Gasteiger partial charge in [0.25, 0.3) is 0 Å². The number of carboxylic acid groups (broad SMARTS) is 1. The highest BCUT2D eigenvalue weighted by molar-refractivity contribution is 5.96. The van der Waals surface area contributed by atoms with E-state index in [4.69, 9.17) is 11.1 Å². The molecular weight excluding hydrogens is 266 g/mol. The molecule has 0 saturated carbocycles. The van der Waals surface area contributed by atoms with E-state index < -0.39 is 12.0 Å². The molecule has 1 aromatic carbocycles. The molecule has 1 rings (SSSR count). The molecule has 106 valence electrons. The number of likely N-dealkylation sites (N-methyl/N-ethyl adjacent to an activating group) is 1. The Kier molecular flexibility index (Phi) is 6.35. The number of hydrogen-bond donors (Lipinski definition) is 3. The highest BCUT2D eigenvalue weighted by atomic mass is 35.5. The molecule has 4 N–H and O–H groups in total. The predicted molar refractivity (Wildman–Crippen MR) is 79.4 cm³/mol. The first-order valence-corrected chi connectivity index (χ1v) is 5.74. The van der Waals surface area contributed by atoms with Crippen molar-refractivity contribution in [2.24, 2.45) is 11.7 Å². The lowest BCUT2D eigenvalue weighted by molar-refractivity contribution is -0.139. The van der Waals surface area contributed by atoms with E-state index in [1.54, 1.807) is 30.1 Å². The maximum absolute atomic E-state index is 11.3. The van der Waals surface area contributed by atoms with Crippen molar-refractivity contribution in [2.75, 3.05) is 11.9 Å². The van der Waals surface area contributed by atoms with Crippen molar-refractivity contribution in [3.05, 3.63) is 29.8 Å². The van der Waals surface area contributed by atoms with E-state index >= 15 is 0 Å². The second kappa shape index (κ2) is 6.99. The fourth-order valence-corrected chi connectivity index (χ4v) is 1.95. The zero-order valence-corrected chi connectivity index (χ0v) is 12.1. The van der Waals surface area contributed by atoms with Gasteiger partial charge in [0, 0.05) is 18.3 Å². The number of amidine groups is 1. The van der Waals surface area contributed by atoms with Crippen LogP contribution in [0.3, 0.4) is 0 Å². The molecule has 0 radical (unpaired) electrons. The van der Waals surface area contributed by atoms with Crippen LogP contribution in [0.5, 0.6) is 0 Å². The number of anilines is 1. The fourth-order valence-electron chi connectivity index (χ4n) is 1.95. The first-order chi connectivity index (χ1) is 8.34. The Bertz CT molecular complexity index is 463. The molecule has 0 fully saturated rings. The molecule has 0 aliphatic rings. The molecule has 19 heavy (non-hydrogen) atoms. The summed E-state index contributed by atoms with van der Waals surface area (Å²) in [6, 6.07) is 6.42. The number of halogens is 1. The van der Waals surface area contributed by atoms with Gasteiger partial charge in [-0.3, -0.25) is 5.41 Å². The van der Waals surface area contributed by atoms with Crippen LogP contribution in [-0.2, 0) is 4.79 Å². The summed E-state index contributed by atoms with van der Waals surface area (Å²) in [6.07, 6.45) is 0. The molecule has 0 heterocycles. The minimum Gasteiger partial charge on any atom is -0.480 e. The van der Waals surface area contributed by atoms with Crippen LogP contribution in [0.25, 0.3) is 0 Å². The summed E-state index contributed by atoms with van der Waals surface area (Å²) in [5.74, 6) is -0.907. The molecule has 0 aliphatic heterocycles. The molecule has 0 spiro atoms. The lowest BCUT2D eigenvalue weighted by Crippen LogP contribution is -2.42. The average Bonchev–Trinajstić information content (AvgIpc) is 2.28. The van der Waals surface area contributed by atoms with Crippen molar-refractivity contribution in [3.8, 4) is 0 Å². The van der Waals surface area contributed by atoms with Crippen LogP contribution in [0.15, 0.2) is 24.3 Å². The standard InChI is InChI=1S/C13H19N3O2.ClH/c1-8(2)11(13(17)18)16(3)10-6-4-5-9(7-10)12(14)15;/h4-8,11H,1-3H3,(H3,14,15)(H,17,18);1H/t11-;/m0./s1. The van der Waals surface area contributed by atoms with Gasteiger partial charge >= 0.3 is 5.97 Å². The minimum atomic E-state index is -0.860. The summed E-state index contributed by atoms with van der Waals surface area (Å²) in [5.41, 5.74) is 6.76. The topological polar surface area (TPSA) is 90.4 Å². The Balaban J connectivity index is 0.00000324. The summed E-state index contributed by atoms with van der Waals surface area (Å²) in [7, 11) is 1.73. The van der Waals surface area contributed by atoms with Crippen molar-refractivity contribution in [1.82, 2.24) is 0 Å². The highest BCUT2D eigenvalue weighted by Gasteiger charge is 2.26. The molecule has 0 bridgehead atoms. The monoisotopic (exact) mass is 285 g/mol. The van der Waals surface area contributed by atoms with Crippen LogP contribution >= 0.6 is 12.4 Å². The number of carboxylic acids is 1. The third-order valence-corrected chi connectivity index (χ3v) is 2.87. The van der Waals surface area contributed by atoms with Crippen molar-refractivity contribution < 1.29 is 9.90 Å². The highest BCUT2D eigenvalue weighted by Crippen LogP contribution is 2.20. The number of benzene rings is 1. The van der Waals surface area contributed by atoms with Gasteiger partial charge in [-0.15, -0.1) is 12.4 Å². The largest absolute Gasteiger partial charge is 0.480 e. The second-order valence-corrected chi connectivity index (χ2v) is 4.60. The molecule has 0 aliphatic carbocycles. The van der Waals surface area contributed by atoms with Crippen molar-refractivity contribution in [1.29, 1.82) is 5.41 Å². The predicted octanol–water partition coefficient (Wildman–Crippen LogP) is 1.94. The third kappa shape index (κ3) is 4.13. The van der Waals surface area contributed by atoms with Gasteiger partial charge in [0.15, 0.2) is 0 Å². The Morgan fingerprint density at radius 1 is 1.42 bits per heavy atom. The Morgan fingerprint density at radius 3 is 2.42 bits per heavy atom. The van der Waals surface area contributed by atoms with Gasteiger partial charge in [-0.05, 0) is 18.1 Å². The van der Waals surface area contributed by atoms with E-state index in [2.05, 4.69) is 0 Å². The van der Waals surface area contributed by atoms with E-state index in [-0.39, 0.29) is 24.2 Å². The number of rotatable bonds is 5. The van der Waals surface area contributed by atoms with Gasteiger partial charge in [0.1, 0.15) is 11.9 Å². The Labute approximate surface area is 119 Å². The van der Waals surface area contributed by atoms with Gasteiger partial charge in [-0.2, -0.15) is 0 Å². The molecule has 0 aromatic heterocycles. The first-order valence-electron chi connectivity index (χ1n) is 5.74. The smallest absolute Gasteiger partial charge is 0.326 e. The lowest BCUT2D eigenvalue weighted by Gasteiger charge is -2.29. The maximum atomic E-state index is 11.3. The van der Waals surface area contributed by atoms with Crippen LogP contribution in [0.2, 0.25) is 0 Å². The molecule has 1 aromatic rings. The number of carbonyl (C=O) groups is 1. The molecular formula is C13H20ClN3O2. The minimum absolute atomic E-state index is 0. The summed E-state index contributed by atoms with van der Waals surface area (Å²) >= 11 is 0.